The van der Waals surface area contributed by atoms with Gasteiger partial charge >= 0.3 is 0 Å². The first-order valence-corrected chi connectivity index (χ1v) is 13.6. The number of nitrogens with one attached hydrogen (secondary N) is 5. The van der Waals surface area contributed by atoms with Crippen LogP contribution in [0.25, 0.3) is 21.8 Å². The molecule has 12 heteroatoms. The Morgan fingerprint density at radius 3 is 1.98 bits per heavy atom. The van der Waals surface area contributed by atoms with E-state index in [-0.39, 0.29) is 6.61 Å². The average molecular weight is 572 g/mol. The van der Waals surface area contributed by atoms with E-state index in [1.807, 2.05) is 98.8 Å². The lowest BCUT2D eigenvalue weighted by molar-refractivity contribution is 0.282. The first-order valence-electron chi connectivity index (χ1n) is 13.6. The van der Waals surface area contributed by atoms with Crippen LogP contribution >= 0.6 is 0 Å². The van der Waals surface area contributed by atoms with Crippen LogP contribution in [0.1, 0.15) is 17.0 Å². The predicted octanol–water partition coefficient (Wildman–Crippen LogP) is 6.05. The number of para-hydroxylation sites is 2. The van der Waals surface area contributed by atoms with Crippen LogP contribution in [0.4, 0.5) is 34.9 Å². The summed E-state index contributed by atoms with van der Waals surface area (Å²) < 4.78 is 0. The maximum atomic E-state index is 9.30. The normalized spacial score (nSPS) is 10.8. The van der Waals surface area contributed by atoms with Gasteiger partial charge in [-0.15, -0.1) is 0 Å². The smallest absolute Gasteiger partial charge is 0.229 e. The molecule has 214 valence electrons. The van der Waals surface area contributed by atoms with Crippen molar-refractivity contribution >= 4 is 56.7 Å². The number of anilines is 6. The molecule has 0 spiro atoms. The molecule has 4 aromatic heterocycles. The fraction of sp³-hybridized carbons (Fsp3) is 0.0968. The Kier molecular flexibility index (Phi) is 7.82. The Labute approximate surface area is 246 Å². The van der Waals surface area contributed by atoms with Crippen molar-refractivity contribution in [2.45, 2.75) is 20.5 Å². The monoisotopic (exact) mass is 571 g/mol. The van der Waals surface area contributed by atoms with Gasteiger partial charge in [0.25, 0.3) is 0 Å². The lowest BCUT2D eigenvalue weighted by atomic mass is 10.2. The number of aromatic amines is 2. The molecule has 0 amide bonds. The predicted molar refractivity (Wildman–Crippen MR) is 168 cm³/mol. The molecular weight excluding hydrogens is 542 g/mol. The van der Waals surface area contributed by atoms with E-state index >= 15 is 0 Å². The quantitative estimate of drug-likeness (QED) is 0.133. The Balaban J connectivity index is 0.000000167. The number of fused-ring (bicyclic) bond motifs is 2. The highest BCUT2D eigenvalue weighted by Gasteiger charge is 2.10. The molecule has 0 bridgehead atoms. The van der Waals surface area contributed by atoms with Crippen LogP contribution in [0.3, 0.4) is 0 Å². The van der Waals surface area contributed by atoms with Crippen LogP contribution in [-0.4, -0.2) is 45.4 Å². The zero-order valence-electron chi connectivity index (χ0n) is 23.5. The van der Waals surface area contributed by atoms with Gasteiger partial charge < -0.3 is 21.1 Å². The van der Waals surface area contributed by atoms with Gasteiger partial charge in [-0.05, 0) is 55.8 Å². The molecule has 0 atom stereocenters. The number of aromatic nitrogens is 8. The van der Waals surface area contributed by atoms with E-state index in [2.05, 4.69) is 56.3 Å². The van der Waals surface area contributed by atoms with E-state index in [9.17, 15) is 5.11 Å². The molecule has 7 aromatic rings. The fourth-order valence-electron chi connectivity index (χ4n) is 4.42. The zero-order chi connectivity index (χ0) is 29.6. The first kappa shape index (κ1) is 27.3. The van der Waals surface area contributed by atoms with Gasteiger partial charge in [0.15, 0.2) is 11.6 Å². The van der Waals surface area contributed by atoms with E-state index in [0.29, 0.717) is 17.6 Å². The molecular formula is C31H29N11O. The SMILES string of the molecule is Cc1cc(Nc2nc(Nc3cccc(CO)c3)nc3ccccc23)n[nH]1.Cc1cc(Nc2ncnc3ccccc23)n[nH]1. The molecule has 12 nitrogen and oxygen atoms in total. The van der Waals surface area contributed by atoms with E-state index in [4.69, 9.17) is 0 Å². The van der Waals surface area contributed by atoms with Gasteiger partial charge in [-0.25, -0.2) is 15.0 Å². The summed E-state index contributed by atoms with van der Waals surface area (Å²) in [5.74, 6) is 3.35. The molecule has 0 saturated heterocycles. The molecule has 7 rings (SSSR count). The number of H-pyrrole nitrogens is 2. The summed E-state index contributed by atoms with van der Waals surface area (Å²) in [7, 11) is 0. The van der Waals surface area contributed by atoms with Crippen molar-refractivity contribution in [1.29, 1.82) is 0 Å². The van der Waals surface area contributed by atoms with Crippen LogP contribution in [0.15, 0.2) is 91.3 Å². The standard InChI is InChI=1S/C19H18N6O.C12H11N5/c1-12-9-17(25-24-12)22-18-15-7-2-3-8-16(15)21-19(23-18)20-14-6-4-5-13(10-14)11-26;1-8-6-11(17-16-8)15-12-9-4-2-3-5-10(9)13-7-14-12/h2-10,26H,11H2,1H3,(H3,20,21,22,23,24,25);2-7H,1H3,(H2,13,14,15,16,17). The molecule has 3 aromatic carbocycles. The van der Waals surface area contributed by atoms with Crippen molar-refractivity contribution in [3.8, 4) is 0 Å². The maximum Gasteiger partial charge on any atom is 0.229 e. The second-order valence-electron chi connectivity index (χ2n) is 9.76. The summed E-state index contributed by atoms with van der Waals surface area (Å²) in [4.78, 5) is 17.6. The summed E-state index contributed by atoms with van der Waals surface area (Å²) in [6.45, 7) is 3.88. The number of aryl methyl sites for hydroxylation is 2. The minimum Gasteiger partial charge on any atom is -0.392 e. The average Bonchev–Trinajstić information content (AvgIpc) is 3.64. The number of nitrogens with zero attached hydrogens (tertiary/aromatic N) is 6. The Morgan fingerprint density at radius 2 is 1.30 bits per heavy atom. The molecule has 43 heavy (non-hydrogen) atoms. The third kappa shape index (κ3) is 6.55. The highest BCUT2D eigenvalue weighted by Crippen LogP contribution is 2.26. The van der Waals surface area contributed by atoms with Crippen LogP contribution in [0.2, 0.25) is 0 Å². The van der Waals surface area contributed by atoms with Gasteiger partial charge in [0.1, 0.15) is 18.0 Å². The molecule has 0 saturated carbocycles. The van der Waals surface area contributed by atoms with E-state index in [1.165, 1.54) is 0 Å². The van der Waals surface area contributed by atoms with E-state index in [0.717, 1.165) is 56.1 Å². The van der Waals surface area contributed by atoms with Crippen molar-refractivity contribution < 1.29 is 5.11 Å². The summed E-state index contributed by atoms with van der Waals surface area (Å²) in [6, 6.07) is 27.0. The lowest BCUT2D eigenvalue weighted by Gasteiger charge is -2.11. The summed E-state index contributed by atoms with van der Waals surface area (Å²) in [6.07, 6.45) is 1.55. The molecule has 0 fully saturated rings. The molecule has 0 aliphatic heterocycles. The lowest BCUT2D eigenvalue weighted by Crippen LogP contribution is -2.02. The highest BCUT2D eigenvalue weighted by atomic mass is 16.3. The number of aliphatic hydroxyl groups excluding tert-OH is 1. The van der Waals surface area contributed by atoms with Crippen molar-refractivity contribution in [2.24, 2.45) is 0 Å². The summed E-state index contributed by atoms with van der Waals surface area (Å²) in [5.41, 5.74) is 5.33. The number of benzene rings is 3. The van der Waals surface area contributed by atoms with Crippen molar-refractivity contribution in [3.05, 3.63) is 108 Å². The summed E-state index contributed by atoms with van der Waals surface area (Å²) in [5, 5.41) is 34.9. The Bertz CT molecular complexity index is 1990. The van der Waals surface area contributed by atoms with Crippen LogP contribution < -0.4 is 16.0 Å². The van der Waals surface area contributed by atoms with Gasteiger partial charge in [-0.1, -0.05) is 36.4 Å². The van der Waals surface area contributed by atoms with Crippen molar-refractivity contribution in [2.75, 3.05) is 16.0 Å². The maximum absolute atomic E-state index is 9.30. The van der Waals surface area contributed by atoms with Gasteiger partial charge in [-0.2, -0.15) is 15.2 Å². The van der Waals surface area contributed by atoms with Crippen LogP contribution in [-0.2, 0) is 6.61 Å². The Hall–Kier alpha value is -5.88. The number of rotatable bonds is 7. The van der Waals surface area contributed by atoms with Crippen LogP contribution in [0.5, 0.6) is 0 Å². The number of hydrogen-bond donors (Lipinski definition) is 6. The molecule has 0 aliphatic carbocycles. The van der Waals surface area contributed by atoms with Gasteiger partial charge in [0.2, 0.25) is 5.95 Å². The molecule has 0 aliphatic rings. The highest BCUT2D eigenvalue weighted by molar-refractivity contribution is 5.92. The fourth-order valence-corrected chi connectivity index (χ4v) is 4.42. The van der Waals surface area contributed by atoms with E-state index in [1.54, 1.807) is 6.33 Å². The molecule has 4 heterocycles. The third-order valence-electron chi connectivity index (χ3n) is 6.42. The Morgan fingerprint density at radius 1 is 0.651 bits per heavy atom. The zero-order valence-corrected chi connectivity index (χ0v) is 23.5. The van der Waals surface area contributed by atoms with E-state index < -0.39 is 0 Å². The number of aliphatic hydroxyl groups is 1. The third-order valence-corrected chi connectivity index (χ3v) is 6.42. The minimum atomic E-state index is -0.0145. The van der Waals surface area contributed by atoms with Gasteiger partial charge in [0, 0.05) is 40.0 Å². The largest absolute Gasteiger partial charge is 0.392 e. The molecule has 6 N–H and O–H groups in total. The van der Waals surface area contributed by atoms with Crippen LogP contribution in [0, 0.1) is 13.8 Å². The second-order valence-corrected chi connectivity index (χ2v) is 9.76. The number of hydrogen-bond acceptors (Lipinski definition) is 10. The topological polar surface area (TPSA) is 165 Å². The second kappa shape index (κ2) is 12.3. The summed E-state index contributed by atoms with van der Waals surface area (Å²) >= 11 is 0. The van der Waals surface area contributed by atoms with Gasteiger partial charge in [0.05, 0.1) is 17.6 Å². The van der Waals surface area contributed by atoms with Crippen molar-refractivity contribution in [3.63, 3.8) is 0 Å². The molecule has 0 unspecified atom stereocenters. The molecule has 0 radical (unpaired) electrons. The van der Waals surface area contributed by atoms with Crippen molar-refractivity contribution in [1.82, 2.24) is 40.3 Å². The van der Waals surface area contributed by atoms with Gasteiger partial charge in [-0.3, -0.25) is 10.2 Å². The first-order chi connectivity index (χ1) is 21.0. The minimum absolute atomic E-state index is 0.0145.